The molecule has 20 heavy (non-hydrogen) atoms. The molecule has 0 atom stereocenters. The van der Waals surface area contributed by atoms with Crippen molar-refractivity contribution in [3.05, 3.63) is 54.1 Å². The number of nitrogens with one attached hydrogen (secondary N) is 1. The van der Waals surface area contributed by atoms with Gasteiger partial charge in [0.05, 0.1) is 12.7 Å². The second-order valence-corrected chi connectivity index (χ2v) is 4.04. The van der Waals surface area contributed by atoms with Gasteiger partial charge in [-0.2, -0.15) is 0 Å². The Kier molecular flexibility index (Phi) is 4.00. The van der Waals surface area contributed by atoms with Gasteiger partial charge in [0, 0.05) is 5.69 Å². The number of methoxy groups -OCH3 is 1. The molecule has 0 aliphatic carbocycles. The van der Waals surface area contributed by atoms with Crippen LogP contribution < -0.4 is 5.32 Å². The fraction of sp³-hybridized carbons (Fsp3) is 0.0667. The van der Waals surface area contributed by atoms with Gasteiger partial charge in [-0.15, -0.1) is 0 Å². The summed E-state index contributed by atoms with van der Waals surface area (Å²) in [6.45, 7) is 0. The number of rotatable bonds is 3. The largest absolute Gasteiger partial charge is 0.478 e. The predicted molar refractivity (Wildman–Crippen MR) is 74.9 cm³/mol. The number of hydrogen-bond acceptors (Lipinski definition) is 3. The average molecular weight is 271 g/mol. The van der Waals surface area contributed by atoms with Crippen molar-refractivity contribution in [1.29, 1.82) is 0 Å². The maximum Gasteiger partial charge on any atom is 0.411 e. The van der Waals surface area contributed by atoms with Crippen LogP contribution in [0.4, 0.5) is 10.5 Å². The van der Waals surface area contributed by atoms with E-state index in [1.165, 1.54) is 7.11 Å². The number of carboxylic acid groups (broad SMARTS) is 1. The van der Waals surface area contributed by atoms with E-state index in [0.29, 0.717) is 11.3 Å². The molecular weight excluding hydrogens is 258 g/mol. The first-order valence-electron chi connectivity index (χ1n) is 5.89. The van der Waals surface area contributed by atoms with E-state index in [0.717, 1.165) is 5.56 Å². The Balaban J connectivity index is 2.31. The third-order valence-corrected chi connectivity index (χ3v) is 2.79. The zero-order chi connectivity index (χ0) is 14.5. The highest BCUT2D eigenvalue weighted by atomic mass is 16.5. The number of hydrogen-bond donors (Lipinski definition) is 2. The first kappa shape index (κ1) is 13.6. The highest BCUT2D eigenvalue weighted by molar-refractivity contribution is 5.96. The molecule has 0 saturated heterocycles. The molecule has 1 amide bonds. The minimum atomic E-state index is -0.975. The Hall–Kier alpha value is -2.82. The van der Waals surface area contributed by atoms with Crippen molar-refractivity contribution in [2.24, 2.45) is 0 Å². The number of carbonyl (C=O) groups is 2. The van der Waals surface area contributed by atoms with E-state index >= 15 is 0 Å². The zero-order valence-electron chi connectivity index (χ0n) is 10.8. The number of aromatic carboxylic acids is 1. The third kappa shape index (κ3) is 2.95. The van der Waals surface area contributed by atoms with Crippen molar-refractivity contribution in [2.75, 3.05) is 12.4 Å². The predicted octanol–water partition coefficient (Wildman–Crippen LogP) is 3.23. The number of carboxylic acids is 1. The van der Waals surface area contributed by atoms with E-state index in [1.807, 2.05) is 0 Å². The highest BCUT2D eigenvalue weighted by Crippen LogP contribution is 2.25. The molecule has 2 aromatic rings. The zero-order valence-corrected chi connectivity index (χ0v) is 10.8. The normalized spacial score (nSPS) is 9.85. The lowest BCUT2D eigenvalue weighted by Gasteiger charge is -2.08. The van der Waals surface area contributed by atoms with Gasteiger partial charge >= 0.3 is 12.1 Å². The molecule has 0 unspecified atom stereocenters. The van der Waals surface area contributed by atoms with Crippen LogP contribution in [0.5, 0.6) is 0 Å². The summed E-state index contributed by atoms with van der Waals surface area (Å²) in [5.74, 6) is -0.975. The topological polar surface area (TPSA) is 75.6 Å². The summed E-state index contributed by atoms with van der Waals surface area (Å²) in [5, 5.41) is 11.7. The Morgan fingerprint density at radius 1 is 1.05 bits per heavy atom. The van der Waals surface area contributed by atoms with Gasteiger partial charge in [0.15, 0.2) is 0 Å². The van der Waals surface area contributed by atoms with E-state index in [1.54, 1.807) is 48.5 Å². The maximum absolute atomic E-state index is 11.2. The van der Waals surface area contributed by atoms with Gasteiger partial charge in [0.25, 0.3) is 0 Å². The van der Waals surface area contributed by atoms with Crippen LogP contribution in [0.25, 0.3) is 11.1 Å². The summed E-state index contributed by atoms with van der Waals surface area (Å²) in [5.41, 5.74) is 2.21. The Morgan fingerprint density at radius 3 is 2.30 bits per heavy atom. The van der Waals surface area contributed by atoms with Crippen LogP contribution in [0.3, 0.4) is 0 Å². The lowest BCUT2D eigenvalue weighted by molar-refractivity contribution is 0.0697. The van der Waals surface area contributed by atoms with Crippen LogP contribution in [0.15, 0.2) is 48.5 Å². The molecule has 0 fully saturated rings. The second-order valence-electron chi connectivity index (χ2n) is 4.04. The molecule has 0 spiro atoms. The fourth-order valence-corrected chi connectivity index (χ4v) is 1.82. The van der Waals surface area contributed by atoms with Crippen molar-refractivity contribution in [1.82, 2.24) is 0 Å². The van der Waals surface area contributed by atoms with E-state index in [4.69, 9.17) is 5.11 Å². The molecule has 102 valence electrons. The summed E-state index contributed by atoms with van der Waals surface area (Å²) in [7, 11) is 1.28. The summed E-state index contributed by atoms with van der Waals surface area (Å²) >= 11 is 0. The molecule has 0 heterocycles. The monoisotopic (exact) mass is 271 g/mol. The number of amides is 1. The van der Waals surface area contributed by atoms with Gasteiger partial charge < -0.3 is 9.84 Å². The van der Waals surface area contributed by atoms with Gasteiger partial charge in [-0.05, 0) is 29.3 Å². The highest BCUT2D eigenvalue weighted by Gasteiger charge is 2.10. The summed E-state index contributed by atoms with van der Waals surface area (Å²) in [6.07, 6.45) is -0.552. The number of benzene rings is 2. The van der Waals surface area contributed by atoms with E-state index < -0.39 is 12.1 Å². The summed E-state index contributed by atoms with van der Waals surface area (Å²) in [6, 6.07) is 13.6. The van der Waals surface area contributed by atoms with Crippen LogP contribution >= 0.6 is 0 Å². The van der Waals surface area contributed by atoms with Crippen LogP contribution in [0, 0.1) is 0 Å². The molecule has 0 radical (unpaired) electrons. The summed E-state index contributed by atoms with van der Waals surface area (Å²) in [4.78, 5) is 22.2. The lowest BCUT2D eigenvalue weighted by Crippen LogP contribution is -2.10. The van der Waals surface area contributed by atoms with Crippen molar-refractivity contribution in [3.8, 4) is 11.1 Å². The molecule has 0 bridgehead atoms. The standard InChI is InChI=1S/C15H13NO4/c1-20-15(19)16-11-8-6-10(7-9-11)12-4-2-3-5-13(12)14(17)18/h2-9H,1H3,(H,16,19)(H,17,18). The van der Waals surface area contributed by atoms with Crippen LogP contribution in [0.1, 0.15) is 10.4 Å². The first-order chi connectivity index (χ1) is 9.61. The number of anilines is 1. The van der Waals surface area contributed by atoms with Gasteiger partial charge in [0.1, 0.15) is 0 Å². The van der Waals surface area contributed by atoms with Gasteiger partial charge in [-0.1, -0.05) is 30.3 Å². The SMILES string of the molecule is COC(=O)Nc1ccc(-c2ccccc2C(=O)O)cc1. The minimum absolute atomic E-state index is 0.237. The van der Waals surface area contributed by atoms with Crippen LogP contribution in [-0.2, 0) is 4.74 Å². The molecule has 0 saturated carbocycles. The van der Waals surface area contributed by atoms with Crippen LogP contribution in [-0.4, -0.2) is 24.3 Å². The number of carbonyl (C=O) groups excluding carboxylic acids is 1. The van der Waals surface area contributed by atoms with Crippen molar-refractivity contribution in [2.45, 2.75) is 0 Å². The molecule has 5 nitrogen and oxygen atoms in total. The minimum Gasteiger partial charge on any atom is -0.478 e. The van der Waals surface area contributed by atoms with Gasteiger partial charge in [-0.25, -0.2) is 9.59 Å². The molecule has 0 aliphatic rings. The third-order valence-electron chi connectivity index (χ3n) is 2.79. The van der Waals surface area contributed by atoms with E-state index in [9.17, 15) is 9.59 Å². The van der Waals surface area contributed by atoms with Gasteiger partial charge in [0.2, 0.25) is 0 Å². The summed E-state index contributed by atoms with van der Waals surface area (Å²) < 4.78 is 4.49. The first-order valence-corrected chi connectivity index (χ1v) is 5.89. The molecule has 2 rings (SSSR count). The van der Waals surface area contributed by atoms with Gasteiger partial charge in [-0.3, -0.25) is 5.32 Å². The Labute approximate surface area is 115 Å². The van der Waals surface area contributed by atoms with E-state index in [-0.39, 0.29) is 5.56 Å². The lowest BCUT2D eigenvalue weighted by atomic mass is 9.99. The molecule has 5 heteroatoms. The fourth-order valence-electron chi connectivity index (χ4n) is 1.82. The average Bonchev–Trinajstić information content (AvgIpc) is 2.48. The quantitative estimate of drug-likeness (QED) is 0.898. The van der Waals surface area contributed by atoms with Crippen molar-refractivity contribution in [3.63, 3.8) is 0 Å². The molecule has 2 N–H and O–H groups in total. The van der Waals surface area contributed by atoms with Crippen LogP contribution in [0.2, 0.25) is 0 Å². The van der Waals surface area contributed by atoms with Crippen molar-refractivity contribution >= 4 is 17.7 Å². The maximum atomic E-state index is 11.2. The Bertz CT molecular complexity index is 635. The molecule has 0 aliphatic heterocycles. The van der Waals surface area contributed by atoms with E-state index in [2.05, 4.69) is 10.1 Å². The van der Waals surface area contributed by atoms with Crippen molar-refractivity contribution < 1.29 is 19.4 Å². The Morgan fingerprint density at radius 2 is 1.70 bits per heavy atom. The molecular formula is C15H13NO4. The number of ether oxygens (including phenoxy) is 1. The molecule has 2 aromatic carbocycles. The smallest absolute Gasteiger partial charge is 0.411 e. The molecule has 0 aromatic heterocycles. The second kappa shape index (κ2) is 5.88.